The largest absolute Gasteiger partial charge is 0.465 e. The van der Waals surface area contributed by atoms with Crippen molar-refractivity contribution in [2.75, 3.05) is 7.11 Å². The zero-order chi connectivity index (χ0) is 15.9. The Balaban J connectivity index is 1.97. The van der Waals surface area contributed by atoms with Gasteiger partial charge in [0, 0.05) is 18.4 Å². The summed E-state index contributed by atoms with van der Waals surface area (Å²) < 4.78 is 17.1. The monoisotopic (exact) mass is 324 g/mol. The molecule has 120 valence electrons. The topological polar surface area (TPSA) is 44.8 Å². The van der Waals surface area contributed by atoms with Crippen LogP contribution in [-0.4, -0.2) is 18.9 Å². The maximum Gasteiger partial charge on any atom is 0.338 e. The number of hydrogen-bond donors (Lipinski definition) is 0. The fraction of sp³-hybridized carbons (Fsp3) is 0.588. The summed E-state index contributed by atoms with van der Waals surface area (Å²) in [5.41, 5.74) is 1.13. The number of ether oxygens (including phenoxy) is 3. The summed E-state index contributed by atoms with van der Waals surface area (Å²) in [6.45, 7) is 3.80. The standard InChI is InChI=1S/C17H21ClO4/c1-10-12(16(19)20-3)9-13(18)15-14(10)21-17(2,22-15)11-7-5-4-6-8-11/h9,11H,4-8H2,1-3H3. The average Bonchev–Trinajstić information content (AvgIpc) is 2.91. The Bertz CT molecular complexity index is 607. The number of rotatable bonds is 2. The lowest BCUT2D eigenvalue weighted by atomic mass is 9.84. The predicted molar refractivity (Wildman–Crippen MR) is 83.8 cm³/mol. The molecular formula is C17H21ClO4. The first-order valence-corrected chi connectivity index (χ1v) is 8.13. The highest BCUT2D eigenvalue weighted by molar-refractivity contribution is 6.32. The minimum atomic E-state index is -0.702. The van der Waals surface area contributed by atoms with Gasteiger partial charge >= 0.3 is 5.97 Å². The Morgan fingerprint density at radius 2 is 1.91 bits per heavy atom. The molecule has 0 N–H and O–H groups in total. The van der Waals surface area contributed by atoms with E-state index in [0.29, 0.717) is 33.6 Å². The lowest BCUT2D eigenvalue weighted by molar-refractivity contribution is -0.119. The van der Waals surface area contributed by atoms with E-state index in [1.165, 1.54) is 26.4 Å². The maximum atomic E-state index is 11.9. The van der Waals surface area contributed by atoms with Crippen molar-refractivity contribution in [3.05, 3.63) is 22.2 Å². The molecule has 1 unspecified atom stereocenters. The van der Waals surface area contributed by atoms with E-state index in [9.17, 15) is 4.79 Å². The van der Waals surface area contributed by atoms with E-state index in [2.05, 4.69) is 0 Å². The van der Waals surface area contributed by atoms with E-state index in [-0.39, 0.29) is 0 Å². The lowest BCUT2D eigenvalue weighted by Gasteiger charge is -2.34. The number of fused-ring (bicyclic) bond motifs is 1. The number of benzene rings is 1. The number of esters is 1. The molecule has 22 heavy (non-hydrogen) atoms. The molecule has 1 aliphatic heterocycles. The molecule has 1 aromatic rings. The SMILES string of the molecule is COC(=O)c1cc(Cl)c2c(c1C)OC(C)(C1CCCCC1)O2. The summed E-state index contributed by atoms with van der Waals surface area (Å²) in [5, 5.41) is 0.389. The van der Waals surface area contributed by atoms with Gasteiger partial charge in [-0.2, -0.15) is 0 Å². The van der Waals surface area contributed by atoms with Crippen LogP contribution < -0.4 is 9.47 Å². The highest BCUT2D eigenvalue weighted by Crippen LogP contribution is 2.51. The van der Waals surface area contributed by atoms with Crippen LogP contribution in [0.3, 0.4) is 0 Å². The normalized spacial score (nSPS) is 24.4. The smallest absolute Gasteiger partial charge is 0.338 e. The summed E-state index contributed by atoms with van der Waals surface area (Å²) >= 11 is 6.30. The Morgan fingerprint density at radius 3 is 2.55 bits per heavy atom. The van der Waals surface area contributed by atoms with Crippen molar-refractivity contribution in [2.45, 2.75) is 51.7 Å². The van der Waals surface area contributed by atoms with E-state index >= 15 is 0 Å². The second-order valence-electron chi connectivity index (χ2n) is 6.24. The first-order valence-electron chi connectivity index (χ1n) is 7.75. The van der Waals surface area contributed by atoms with E-state index < -0.39 is 11.8 Å². The van der Waals surface area contributed by atoms with Crippen LogP contribution in [0.25, 0.3) is 0 Å². The number of halogens is 1. The van der Waals surface area contributed by atoms with Gasteiger partial charge in [-0.05, 0) is 25.8 Å². The van der Waals surface area contributed by atoms with Crippen molar-refractivity contribution in [3.63, 3.8) is 0 Å². The lowest BCUT2D eigenvalue weighted by Crippen LogP contribution is -2.44. The van der Waals surface area contributed by atoms with Gasteiger partial charge in [-0.1, -0.05) is 30.9 Å². The molecule has 1 atom stereocenters. The molecular weight excluding hydrogens is 304 g/mol. The van der Waals surface area contributed by atoms with Crippen LogP contribution in [0.1, 0.15) is 54.9 Å². The molecule has 0 saturated heterocycles. The van der Waals surface area contributed by atoms with Crippen LogP contribution in [-0.2, 0) is 4.74 Å². The predicted octanol–water partition coefficient (Wildman–Crippen LogP) is 4.50. The highest BCUT2D eigenvalue weighted by atomic mass is 35.5. The van der Waals surface area contributed by atoms with Gasteiger partial charge < -0.3 is 14.2 Å². The van der Waals surface area contributed by atoms with Crippen LogP contribution in [0.2, 0.25) is 5.02 Å². The zero-order valence-electron chi connectivity index (χ0n) is 13.2. The molecule has 1 fully saturated rings. The third kappa shape index (κ3) is 2.43. The first kappa shape index (κ1) is 15.5. The van der Waals surface area contributed by atoms with E-state index in [1.54, 1.807) is 6.07 Å². The molecule has 0 aromatic heterocycles. The fourth-order valence-electron chi connectivity index (χ4n) is 3.46. The Labute approximate surface area is 135 Å². The number of hydrogen-bond acceptors (Lipinski definition) is 4. The molecule has 0 bridgehead atoms. The van der Waals surface area contributed by atoms with E-state index in [0.717, 1.165) is 12.8 Å². The minimum Gasteiger partial charge on any atom is -0.465 e. The first-order chi connectivity index (χ1) is 10.5. The molecule has 0 radical (unpaired) electrons. The van der Waals surface area contributed by atoms with Crippen molar-refractivity contribution in [1.82, 2.24) is 0 Å². The van der Waals surface area contributed by atoms with Crippen molar-refractivity contribution in [2.24, 2.45) is 5.92 Å². The van der Waals surface area contributed by atoms with Crippen molar-refractivity contribution in [1.29, 1.82) is 0 Å². The molecule has 1 aliphatic carbocycles. The highest BCUT2D eigenvalue weighted by Gasteiger charge is 2.46. The fourth-order valence-corrected chi connectivity index (χ4v) is 3.69. The molecule has 3 rings (SSSR count). The molecule has 1 heterocycles. The summed E-state index contributed by atoms with van der Waals surface area (Å²) in [5.74, 6) is 0.329. The molecule has 0 spiro atoms. The zero-order valence-corrected chi connectivity index (χ0v) is 14.0. The van der Waals surface area contributed by atoms with E-state index in [1.807, 2.05) is 13.8 Å². The average molecular weight is 325 g/mol. The Kier molecular flexibility index (Phi) is 3.98. The second-order valence-corrected chi connectivity index (χ2v) is 6.64. The molecule has 5 heteroatoms. The third-order valence-electron chi connectivity index (χ3n) is 4.80. The van der Waals surface area contributed by atoms with Gasteiger partial charge in [0.15, 0.2) is 11.5 Å². The van der Waals surface area contributed by atoms with Crippen LogP contribution in [0, 0.1) is 12.8 Å². The van der Waals surface area contributed by atoms with Gasteiger partial charge in [0.2, 0.25) is 0 Å². The quantitative estimate of drug-likeness (QED) is 0.751. The molecule has 1 saturated carbocycles. The van der Waals surface area contributed by atoms with Crippen LogP contribution in [0.15, 0.2) is 6.07 Å². The van der Waals surface area contributed by atoms with Gasteiger partial charge in [-0.3, -0.25) is 0 Å². The van der Waals surface area contributed by atoms with Crippen molar-refractivity contribution < 1.29 is 19.0 Å². The molecule has 1 aromatic carbocycles. The van der Waals surface area contributed by atoms with Gasteiger partial charge in [0.25, 0.3) is 5.79 Å². The van der Waals surface area contributed by atoms with Gasteiger partial charge in [-0.15, -0.1) is 0 Å². The minimum absolute atomic E-state index is 0.339. The Morgan fingerprint density at radius 1 is 1.27 bits per heavy atom. The maximum absolute atomic E-state index is 11.9. The third-order valence-corrected chi connectivity index (χ3v) is 5.08. The number of carbonyl (C=O) groups excluding carboxylic acids is 1. The Hall–Kier alpha value is -1.42. The number of carbonyl (C=O) groups is 1. The number of methoxy groups -OCH3 is 1. The van der Waals surface area contributed by atoms with Crippen molar-refractivity contribution in [3.8, 4) is 11.5 Å². The molecule has 2 aliphatic rings. The van der Waals surface area contributed by atoms with Gasteiger partial charge in [0.05, 0.1) is 17.7 Å². The van der Waals surface area contributed by atoms with Crippen LogP contribution in [0.4, 0.5) is 0 Å². The molecule has 4 nitrogen and oxygen atoms in total. The summed E-state index contributed by atoms with van der Waals surface area (Å²) in [4.78, 5) is 11.9. The second kappa shape index (κ2) is 5.65. The summed E-state index contributed by atoms with van der Waals surface area (Å²) in [6.07, 6.45) is 5.84. The van der Waals surface area contributed by atoms with E-state index in [4.69, 9.17) is 25.8 Å². The van der Waals surface area contributed by atoms with Crippen LogP contribution >= 0.6 is 11.6 Å². The summed E-state index contributed by atoms with van der Waals surface area (Å²) in [7, 11) is 1.35. The summed E-state index contributed by atoms with van der Waals surface area (Å²) in [6, 6.07) is 1.59. The van der Waals surface area contributed by atoms with Crippen molar-refractivity contribution >= 4 is 17.6 Å². The van der Waals surface area contributed by atoms with Crippen LogP contribution in [0.5, 0.6) is 11.5 Å². The van der Waals surface area contributed by atoms with Gasteiger partial charge in [-0.25, -0.2) is 4.79 Å². The van der Waals surface area contributed by atoms with Gasteiger partial charge in [0.1, 0.15) is 0 Å². The molecule has 0 amide bonds.